The predicted octanol–water partition coefficient (Wildman–Crippen LogP) is 6.77. The van der Waals surface area contributed by atoms with Gasteiger partial charge in [-0.3, -0.25) is 9.80 Å². The fourth-order valence-corrected chi connectivity index (χ4v) is 4.78. The van der Waals surface area contributed by atoms with E-state index >= 15 is 0 Å². The number of carbonyl (C=O) groups is 1. The lowest BCUT2D eigenvalue weighted by molar-refractivity contribution is -0.137. The molecular weight excluding hydrogens is 525 g/mol. The highest BCUT2D eigenvalue weighted by atomic mass is 35.5. The van der Waals surface area contributed by atoms with Gasteiger partial charge >= 0.3 is 12.8 Å². The van der Waals surface area contributed by atoms with Crippen LogP contribution in [0.5, 0.6) is 5.75 Å². The summed E-state index contributed by atoms with van der Waals surface area (Å²) in [6.45, 7) is -0.690. The van der Waals surface area contributed by atoms with Gasteiger partial charge in [-0.05, 0) is 66.8 Å². The SMILES string of the molecule is CSCCCC1(C)CN(CC(=O)Nc2ccc(OC(F)F)cc2)N=C1c1ccc(C(F)(F)F)c(Cl)c1. The number of carbonyl (C=O) groups excluding carboxylic acids is 1. The highest BCUT2D eigenvalue weighted by Gasteiger charge is 2.40. The van der Waals surface area contributed by atoms with E-state index in [1.807, 2.05) is 13.2 Å². The number of ether oxygens (including phenoxy) is 1. The Morgan fingerprint density at radius 2 is 1.94 bits per heavy atom. The number of amides is 1. The smallest absolute Gasteiger partial charge is 0.417 e. The molecule has 1 heterocycles. The van der Waals surface area contributed by atoms with Crippen molar-refractivity contribution in [2.45, 2.75) is 32.6 Å². The third-order valence-electron chi connectivity index (χ3n) is 5.66. The molecule has 3 rings (SSSR count). The van der Waals surface area contributed by atoms with Crippen LogP contribution < -0.4 is 10.1 Å². The Kier molecular flexibility index (Phi) is 9.10. The molecule has 1 aliphatic rings. The maximum atomic E-state index is 13.2. The van der Waals surface area contributed by atoms with Crippen LogP contribution >= 0.6 is 23.4 Å². The molecule has 12 heteroatoms. The number of rotatable bonds is 10. The van der Waals surface area contributed by atoms with Gasteiger partial charge in [0.15, 0.2) is 0 Å². The summed E-state index contributed by atoms with van der Waals surface area (Å²) in [5.41, 5.74) is 0.00431. The minimum atomic E-state index is -4.57. The molecule has 196 valence electrons. The Bertz CT molecular complexity index is 1100. The third-order valence-corrected chi connectivity index (χ3v) is 6.67. The number of benzene rings is 2. The maximum Gasteiger partial charge on any atom is 0.417 e. The first-order valence-electron chi connectivity index (χ1n) is 11.0. The van der Waals surface area contributed by atoms with Crippen molar-refractivity contribution in [3.05, 3.63) is 58.6 Å². The van der Waals surface area contributed by atoms with E-state index in [-0.39, 0.29) is 18.2 Å². The molecule has 36 heavy (non-hydrogen) atoms. The molecule has 0 radical (unpaired) electrons. The average Bonchev–Trinajstić information content (AvgIpc) is 3.09. The highest BCUT2D eigenvalue weighted by molar-refractivity contribution is 7.98. The maximum absolute atomic E-state index is 13.2. The van der Waals surface area contributed by atoms with Gasteiger partial charge in [-0.2, -0.15) is 38.8 Å². The van der Waals surface area contributed by atoms with E-state index in [4.69, 9.17) is 11.6 Å². The average molecular weight is 550 g/mol. The molecule has 0 fully saturated rings. The van der Waals surface area contributed by atoms with Gasteiger partial charge in [-0.15, -0.1) is 0 Å². The molecule has 2 aromatic rings. The van der Waals surface area contributed by atoms with Crippen LogP contribution in [-0.2, 0) is 11.0 Å². The summed E-state index contributed by atoms with van der Waals surface area (Å²) >= 11 is 7.65. The lowest BCUT2D eigenvalue weighted by atomic mass is 9.78. The number of nitrogens with zero attached hydrogens (tertiary/aromatic N) is 2. The van der Waals surface area contributed by atoms with E-state index in [0.29, 0.717) is 23.5 Å². The van der Waals surface area contributed by atoms with E-state index in [1.165, 1.54) is 36.4 Å². The number of alkyl halides is 5. The van der Waals surface area contributed by atoms with Gasteiger partial charge in [0, 0.05) is 17.6 Å². The number of halogens is 6. The van der Waals surface area contributed by atoms with Gasteiger partial charge in [0.05, 0.1) is 16.3 Å². The van der Waals surface area contributed by atoms with Crippen LogP contribution in [0.1, 0.15) is 30.9 Å². The largest absolute Gasteiger partial charge is 0.435 e. The molecule has 0 aromatic heterocycles. The number of hydrogen-bond acceptors (Lipinski definition) is 5. The van der Waals surface area contributed by atoms with Crippen molar-refractivity contribution in [3.63, 3.8) is 0 Å². The van der Waals surface area contributed by atoms with Crippen molar-refractivity contribution in [1.82, 2.24) is 5.01 Å². The third kappa shape index (κ3) is 7.25. The van der Waals surface area contributed by atoms with Crippen molar-refractivity contribution >= 4 is 40.7 Å². The summed E-state index contributed by atoms with van der Waals surface area (Å²) in [5.74, 6) is 0.481. The summed E-state index contributed by atoms with van der Waals surface area (Å²) in [6, 6.07) is 9.06. The molecule has 2 aromatic carbocycles. The molecule has 1 N–H and O–H groups in total. The molecule has 1 atom stereocenters. The summed E-state index contributed by atoms with van der Waals surface area (Å²) in [5, 5.41) is 8.43. The van der Waals surface area contributed by atoms with Crippen LogP contribution in [0.25, 0.3) is 0 Å². The number of hydrazone groups is 1. The molecule has 0 spiro atoms. The molecule has 1 aliphatic heterocycles. The lowest BCUT2D eigenvalue weighted by Gasteiger charge is -2.27. The summed E-state index contributed by atoms with van der Waals surface area (Å²) in [4.78, 5) is 12.6. The molecular formula is C24H25ClF5N3O2S. The normalized spacial score (nSPS) is 17.9. The van der Waals surface area contributed by atoms with Crippen LogP contribution in [0.15, 0.2) is 47.6 Å². The second-order valence-electron chi connectivity index (χ2n) is 8.57. The van der Waals surface area contributed by atoms with E-state index in [9.17, 15) is 26.7 Å². The van der Waals surface area contributed by atoms with Gasteiger partial charge in [0.25, 0.3) is 0 Å². The van der Waals surface area contributed by atoms with Crippen molar-refractivity contribution < 1.29 is 31.5 Å². The molecule has 0 aliphatic carbocycles. The summed E-state index contributed by atoms with van der Waals surface area (Å²) < 4.78 is 68.4. The second kappa shape index (κ2) is 11.7. The zero-order valence-corrected chi connectivity index (χ0v) is 21.1. The van der Waals surface area contributed by atoms with Crippen molar-refractivity contribution in [2.75, 3.05) is 30.4 Å². The fraction of sp³-hybridized carbons (Fsp3) is 0.417. The zero-order valence-electron chi connectivity index (χ0n) is 19.5. The van der Waals surface area contributed by atoms with Crippen molar-refractivity contribution in [2.24, 2.45) is 10.5 Å². The minimum Gasteiger partial charge on any atom is -0.435 e. The predicted molar refractivity (Wildman–Crippen MR) is 132 cm³/mol. The zero-order chi connectivity index (χ0) is 26.5. The standard InChI is InChI=1S/C24H25ClF5N3O2S/c1-23(10-3-11-36-2)14-33(13-20(34)31-16-5-7-17(8-6-16)35-22(26)27)32-21(23)15-4-9-18(19(25)12-15)24(28,29)30/h4-9,12,22H,3,10-11,13-14H2,1-2H3,(H,31,34). The Labute approximate surface area is 215 Å². The number of anilines is 1. The monoisotopic (exact) mass is 549 g/mol. The van der Waals surface area contributed by atoms with Crippen LogP contribution in [0.4, 0.5) is 27.6 Å². The van der Waals surface area contributed by atoms with Crippen molar-refractivity contribution in [3.8, 4) is 5.75 Å². The van der Waals surface area contributed by atoms with Gasteiger partial charge in [0.2, 0.25) is 5.91 Å². The highest BCUT2D eigenvalue weighted by Crippen LogP contribution is 2.39. The summed E-state index contributed by atoms with van der Waals surface area (Å²) in [6.07, 6.45) is -1.000. The number of hydrogen-bond donors (Lipinski definition) is 1. The van der Waals surface area contributed by atoms with E-state index in [2.05, 4.69) is 15.2 Å². The lowest BCUT2D eigenvalue weighted by Crippen LogP contribution is -2.35. The van der Waals surface area contributed by atoms with Gasteiger partial charge in [-0.1, -0.05) is 24.6 Å². The Morgan fingerprint density at radius 3 is 2.53 bits per heavy atom. The Hall–Kier alpha value is -2.53. The van der Waals surface area contributed by atoms with Gasteiger partial charge in [0.1, 0.15) is 12.3 Å². The molecule has 0 bridgehead atoms. The first-order valence-corrected chi connectivity index (χ1v) is 12.7. The number of nitrogens with one attached hydrogen (secondary N) is 1. The first kappa shape index (κ1) is 28.0. The quantitative estimate of drug-likeness (QED) is 0.262. The topological polar surface area (TPSA) is 53.9 Å². The molecule has 1 unspecified atom stereocenters. The van der Waals surface area contributed by atoms with E-state index < -0.39 is 28.8 Å². The van der Waals surface area contributed by atoms with Gasteiger partial charge < -0.3 is 10.1 Å². The van der Waals surface area contributed by atoms with Crippen LogP contribution in [0.2, 0.25) is 5.02 Å². The van der Waals surface area contributed by atoms with E-state index in [1.54, 1.807) is 16.8 Å². The summed E-state index contributed by atoms with van der Waals surface area (Å²) in [7, 11) is 0. The fourth-order valence-electron chi connectivity index (χ4n) is 4.06. The molecule has 0 saturated carbocycles. The second-order valence-corrected chi connectivity index (χ2v) is 9.96. The minimum absolute atomic E-state index is 0.0343. The molecule has 5 nitrogen and oxygen atoms in total. The molecule has 0 saturated heterocycles. The van der Waals surface area contributed by atoms with E-state index in [0.717, 1.165) is 24.7 Å². The van der Waals surface area contributed by atoms with Crippen LogP contribution in [0.3, 0.4) is 0 Å². The van der Waals surface area contributed by atoms with Gasteiger partial charge in [-0.25, -0.2) is 0 Å². The van der Waals surface area contributed by atoms with Crippen LogP contribution in [0, 0.1) is 5.41 Å². The number of thioether (sulfide) groups is 1. The first-order chi connectivity index (χ1) is 16.9. The Morgan fingerprint density at radius 1 is 1.25 bits per heavy atom. The Balaban J connectivity index is 1.77. The van der Waals surface area contributed by atoms with Crippen molar-refractivity contribution in [1.29, 1.82) is 0 Å². The molecule has 1 amide bonds. The van der Waals surface area contributed by atoms with Crippen LogP contribution in [-0.4, -0.2) is 48.3 Å².